The zero-order chi connectivity index (χ0) is 21.7. The molecule has 0 unspecified atom stereocenters. The zero-order valence-corrected chi connectivity index (χ0v) is 18.0. The highest BCUT2D eigenvalue weighted by Gasteiger charge is 2.30. The van der Waals surface area contributed by atoms with Crippen molar-refractivity contribution in [1.82, 2.24) is 24.5 Å². The molecule has 1 aliphatic carbocycles. The zero-order valence-electron chi connectivity index (χ0n) is 18.0. The number of nitrogens with two attached hydrogens (primary N) is 1. The molecule has 2 fully saturated rings. The Morgan fingerprint density at radius 2 is 1.88 bits per heavy atom. The molecule has 0 bridgehead atoms. The molecule has 1 aliphatic heterocycles. The van der Waals surface area contributed by atoms with Gasteiger partial charge in [-0.2, -0.15) is 0 Å². The van der Waals surface area contributed by atoms with E-state index >= 15 is 0 Å². The number of ether oxygens (including phenoxy) is 1. The van der Waals surface area contributed by atoms with Crippen LogP contribution in [0.1, 0.15) is 30.1 Å². The summed E-state index contributed by atoms with van der Waals surface area (Å²) in [5.74, 6) is 3.05. The van der Waals surface area contributed by atoms with Crippen LogP contribution in [0.25, 0.3) is 28.1 Å². The highest BCUT2D eigenvalue weighted by atomic mass is 16.5. The molecule has 8 heteroatoms. The molecular formula is C24H25N7O. The molecule has 32 heavy (non-hydrogen) atoms. The second-order valence-electron chi connectivity index (χ2n) is 8.48. The number of rotatable bonds is 4. The highest BCUT2D eigenvalue weighted by molar-refractivity contribution is 5.78. The van der Waals surface area contributed by atoms with Crippen LogP contribution < -0.4 is 10.6 Å². The van der Waals surface area contributed by atoms with Crippen molar-refractivity contribution in [3.8, 4) is 16.9 Å². The Bertz CT molecular complexity index is 1310. The van der Waals surface area contributed by atoms with Crippen LogP contribution in [-0.4, -0.2) is 50.8 Å². The smallest absolute Gasteiger partial charge is 0.165 e. The molecule has 0 aromatic carbocycles. The molecule has 1 saturated heterocycles. The topological polar surface area (TPSA) is 95.0 Å². The summed E-state index contributed by atoms with van der Waals surface area (Å²) in [6.45, 7) is 5.30. The first-order valence-electron chi connectivity index (χ1n) is 11.1. The van der Waals surface area contributed by atoms with Gasteiger partial charge in [-0.25, -0.2) is 19.9 Å². The highest BCUT2D eigenvalue weighted by Crippen LogP contribution is 2.44. The van der Waals surface area contributed by atoms with Crippen molar-refractivity contribution < 1.29 is 4.74 Å². The van der Waals surface area contributed by atoms with Crippen molar-refractivity contribution >= 4 is 22.8 Å². The first-order chi connectivity index (χ1) is 15.7. The predicted molar refractivity (Wildman–Crippen MR) is 124 cm³/mol. The van der Waals surface area contributed by atoms with Crippen LogP contribution in [-0.2, 0) is 4.74 Å². The van der Waals surface area contributed by atoms with Gasteiger partial charge in [0.2, 0.25) is 0 Å². The predicted octanol–water partition coefficient (Wildman–Crippen LogP) is 3.48. The van der Waals surface area contributed by atoms with Crippen LogP contribution in [0.4, 0.5) is 11.6 Å². The van der Waals surface area contributed by atoms with Crippen molar-refractivity contribution in [2.45, 2.75) is 25.7 Å². The molecule has 1 saturated carbocycles. The number of nitrogen functional groups attached to an aromatic ring is 1. The lowest BCUT2D eigenvalue weighted by atomic mass is 10.1. The number of fused-ring (bicyclic) bond motifs is 1. The molecule has 8 nitrogen and oxygen atoms in total. The molecule has 4 aromatic rings. The molecule has 0 radical (unpaired) electrons. The minimum Gasteiger partial charge on any atom is -0.384 e. The van der Waals surface area contributed by atoms with Crippen molar-refractivity contribution in [3.05, 3.63) is 54.1 Å². The summed E-state index contributed by atoms with van der Waals surface area (Å²) in [5, 5.41) is 0. The number of hydrogen-bond acceptors (Lipinski definition) is 7. The van der Waals surface area contributed by atoms with Crippen LogP contribution in [0.3, 0.4) is 0 Å². The van der Waals surface area contributed by atoms with Gasteiger partial charge >= 0.3 is 0 Å². The molecule has 6 rings (SSSR count). The first-order valence-corrected chi connectivity index (χ1v) is 11.1. The fourth-order valence-corrected chi connectivity index (χ4v) is 4.47. The van der Waals surface area contributed by atoms with Crippen LogP contribution >= 0.6 is 0 Å². The first kappa shape index (κ1) is 19.2. The SMILES string of the molecule is Cc1nc2ccc(-c3ccnc(N)c3)nc2n1-c1cnc(N2CCOCC2)c(C2CC2)c1. The van der Waals surface area contributed by atoms with E-state index in [1.807, 2.05) is 37.4 Å². The standard InChI is InChI=1S/C24H25N7O/c1-15-28-21-5-4-20(17-6-7-26-22(25)12-17)29-24(21)31(15)18-13-19(16-2-3-16)23(27-14-18)30-8-10-32-11-9-30/h4-7,12-14,16H,2-3,8-11H2,1H3,(H2,25,26). The normalized spacial score (nSPS) is 16.6. The molecule has 162 valence electrons. The number of anilines is 2. The second-order valence-corrected chi connectivity index (χ2v) is 8.48. The third kappa shape index (κ3) is 3.36. The summed E-state index contributed by atoms with van der Waals surface area (Å²) in [7, 11) is 0. The van der Waals surface area contributed by atoms with Gasteiger partial charge in [0, 0.05) is 24.8 Å². The molecule has 0 spiro atoms. The number of morpholine rings is 1. The Labute approximate surface area is 186 Å². The average molecular weight is 428 g/mol. The number of pyridine rings is 3. The maximum atomic E-state index is 5.88. The summed E-state index contributed by atoms with van der Waals surface area (Å²) in [4.78, 5) is 21.1. The van der Waals surface area contributed by atoms with Crippen molar-refractivity contribution in [2.75, 3.05) is 36.9 Å². The number of aromatic nitrogens is 5. The Balaban J connectivity index is 1.46. The quantitative estimate of drug-likeness (QED) is 0.533. The molecule has 4 aromatic heterocycles. The van der Waals surface area contributed by atoms with Crippen LogP contribution in [0.15, 0.2) is 42.7 Å². The molecule has 0 atom stereocenters. The maximum Gasteiger partial charge on any atom is 0.165 e. The summed E-state index contributed by atoms with van der Waals surface area (Å²) in [6.07, 6.45) is 6.09. The third-order valence-electron chi connectivity index (χ3n) is 6.22. The summed E-state index contributed by atoms with van der Waals surface area (Å²) >= 11 is 0. The van der Waals surface area contributed by atoms with E-state index in [2.05, 4.69) is 20.5 Å². The fourth-order valence-electron chi connectivity index (χ4n) is 4.47. The average Bonchev–Trinajstić information content (AvgIpc) is 3.61. The molecule has 5 heterocycles. The lowest BCUT2D eigenvalue weighted by molar-refractivity contribution is 0.122. The summed E-state index contributed by atoms with van der Waals surface area (Å²) < 4.78 is 7.64. The Kier molecular flexibility index (Phi) is 4.53. The van der Waals surface area contributed by atoms with Crippen molar-refractivity contribution in [3.63, 3.8) is 0 Å². The third-order valence-corrected chi connectivity index (χ3v) is 6.22. The number of hydrogen-bond donors (Lipinski definition) is 1. The van der Waals surface area contributed by atoms with Gasteiger partial charge in [-0.1, -0.05) is 0 Å². The van der Waals surface area contributed by atoms with Crippen LogP contribution in [0, 0.1) is 6.92 Å². The number of aryl methyl sites for hydroxylation is 1. The van der Waals surface area contributed by atoms with Crippen molar-refractivity contribution in [1.29, 1.82) is 0 Å². The maximum absolute atomic E-state index is 5.88. The number of imidazole rings is 1. The van der Waals surface area contributed by atoms with Gasteiger partial charge in [-0.3, -0.25) is 4.57 Å². The van der Waals surface area contributed by atoms with Gasteiger partial charge in [0.1, 0.15) is 23.0 Å². The van der Waals surface area contributed by atoms with E-state index in [-0.39, 0.29) is 0 Å². The lowest BCUT2D eigenvalue weighted by Gasteiger charge is -2.29. The van der Waals surface area contributed by atoms with Gasteiger partial charge in [0.15, 0.2) is 5.65 Å². The largest absolute Gasteiger partial charge is 0.384 e. The Morgan fingerprint density at radius 3 is 2.66 bits per heavy atom. The fraction of sp³-hybridized carbons (Fsp3) is 0.333. The van der Waals surface area contributed by atoms with E-state index in [0.717, 1.165) is 66.1 Å². The van der Waals surface area contributed by atoms with Crippen molar-refractivity contribution in [2.24, 2.45) is 0 Å². The van der Waals surface area contributed by atoms with E-state index in [0.29, 0.717) is 11.7 Å². The van der Waals surface area contributed by atoms with E-state index in [1.165, 1.54) is 18.4 Å². The van der Waals surface area contributed by atoms with Gasteiger partial charge in [0.25, 0.3) is 0 Å². The van der Waals surface area contributed by atoms with E-state index < -0.39 is 0 Å². The van der Waals surface area contributed by atoms with Gasteiger partial charge in [-0.15, -0.1) is 0 Å². The van der Waals surface area contributed by atoms with Gasteiger partial charge in [0.05, 0.1) is 30.8 Å². The minimum atomic E-state index is 0.478. The van der Waals surface area contributed by atoms with Gasteiger partial charge in [-0.05, 0) is 61.6 Å². The molecular weight excluding hydrogens is 402 g/mol. The van der Waals surface area contributed by atoms with Crippen LogP contribution in [0.2, 0.25) is 0 Å². The van der Waals surface area contributed by atoms with Crippen LogP contribution in [0.5, 0.6) is 0 Å². The van der Waals surface area contributed by atoms with E-state index in [4.69, 9.17) is 25.4 Å². The van der Waals surface area contributed by atoms with Gasteiger partial charge < -0.3 is 15.4 Å². The van der Waals surface area contributed by atoms with E-state index in [1.54, 1.807) is 6.20 Å². The summed E-state index contributed by atoms with van der Waals surface area (Å²) in [6, 6.07) is 10.0. The Morgan fingerprint density at radius 1 is 1.03 bits per heavy atom. The monoisotopic (exact) mass is 427 g/mol. The number of nitrogens with zero attached hydrogens (tertiary/aromatic N) is 6. The minimum absolute atomic E-state index is 0.478. The molecule has 2 N–H and O–H groups in total. The molecule has 0 amide bonds. The second kappa shape index (κ2) is 7.56. The molecule has 2 aliphatic rings. The lowest BCUT2D eigenvalue weighted by Crippen LogP contribution is -2.37. The van der Waals surface area contributed by atoms with E-state index in [9.17, 15) is 0 Å². The Hall–Kier alpha value is -3.52. The summed E-state index contributed by atoms with van der Waals surface area (Å²) in [5.41, 5.74) is 11.7.